The van der Waals surface area contributed by atoms with E-state index in [9.17, 15) is 9.59 Å². The number of aryl methyl sites for hydroxylation is 1. The first-order valence-electron chi connectivity index (χ1n) is 6.89. The Bertz CT molecular complexity index is 697. The number of Topliss-reactive ketones (excluding diaryl/α,β-unsaturated/α-hetero) is 1. The van der Waals surface area contributed by atoms with E-state index in [1.807, 2.05) is 19.9 Å². The van der Waals surface area contributed by atoms with E-state index in [0.29, 0.717) is 16.9 Å². The van der Waals surface area contributed by atoms with Crippen molar-refractivity contribution >= 4 is 11.8 Å². The molecule has 0 radical (unpaired) electrons. The number of fused-ring (bicyclic) bond motifs is 2. The van der Waals surface area contributed by atoms with Crippen molar-refractivity contribution in [2.45, 2.75) is 26.4 Å². The van der Waals surface area contributed by atoms with Gasteiger partial charge in [0.25, 0.3) is 0 Å². The summed E-state index contributed by atoms with van der Waals surface area (Å²) >= 11 is 0. The first kappa shape index (κ1) is 13.6. The first-order valence-corrected chi connectivity index (χ1v) is 6.89. The third kappa shape index (κ3) is 2.17. The number of carboxylic acids is 1. The van der Waals surface area contributed by atoms with Crippen molar-refractivity contribution < 1.29 is 19.4 Å². The second kappa shape index (κ2) is 4.88. The van der Waals surface area contributed by atoms with Crippen LogP contribution in [0.3, 0.4) is 0 Å². The summed E-state index contributed by atoms with van der Waals surface area (Å²) in [7, 11) is 0. The normalized spacial score (nSPS) is 23.0. The summed E-state index contributed by atoms with van der Waals surface area (Å²) in [6.45, 7) is 3.88. The Hall–Kier alpha value is -2.36. The Morgan fingerprint density at radius 1 is 1.33 bits per heavy atom. The van der Waals surface area contributed by atoms with Gasteiger partial charge in [-0.15, -0.1) is 0 Å². The quantitative estimate of drug-likeness (QED) is 0.907. The van der Waals surface area contributed by atoms with Crippen LogP contribution in [-0.2, 0) is 4.79 Å². The molecule has 108 valence electrons. The molecule has 4 heteroatoms. The SMILES string of the molecule is Cc1ccc2c(c1C)OC1C(CC(=O)O)=CC=CC1C2=O. The average molecular weight is 284 g/mol. The standard InChI is InChI=1S/C17H16O4/c1-9-6-7-13-15(20)12-5-3-4-11(8-14(18)19)17(12)21-16(13)10(9)2/h3-7,12,17H,8H2,1-2H3,(H,18,19). The van der Waals surface area contributed by atoms with Gasteiger partial charge < -0.3 is 9.84 Å². The highest BCUT2D eigenvalue weighted by atomic mass is 16.5. The highest BCUT2D eigenvalue weighted by molar-refractivity contribution is 6.03. The molecule has 1 aliphatic heterocycles. The number of hydrogen-bond donors (Lipinski definition) is 1. The second-order valence-corrected chi connectivity index (χ2v) is 5.51. The summed E-state index contributed by atoms with van der Waals surface area (Å²) in [6.07, 6.45) is 4.65. The molecule has 1 aromatic rings. The topological polar surface area (TPSA) is 63.6 Å². The van der Waals surface area contributed by atoms with Crippen LogP contribution in [0.15, 0.2) is 35.9 Å². The minimum atomic E-state index is -0.918. The molecule has 0 fully saturated rings. The molecule has 2 aliphatic rings. The maximum absolute atomic E-state index is 12.6. The van der Waals surface area contributed by atoms with E-state index in [1.165, 1.54) is 0 Å². The lowest BCUT2D eigenvalue weighted by molar-refractivity contribution is -0.136. The minimum absolute atomic E-state index is 0.00316. The van der Waals surface area contributed by atoms with Gasteiger partial charge in [-0.3, -0.25) is 9.59 Å². The minimum Gasteiger partial charge on any atom is -0.484 e. The molecule has 4 nitrogen and oxygen atoms in total. The molecule has 2 unspecified atom stereocenters. The van der Waals surface area contributed by atoms with E-state index in [4.69, 9.17) is 9.84 Å². The molecule has 0 spiro atoms. The number of carbonyl (C=O) groups excluding carboxylic acids is 1. The summed E-state index contributed by atoms with van der Waals surface area (Å²) in [5, 5.41) is 9.01. The van der Waals surface area contributed by atoms with Crippen LogP contribution in [0.5, 0.6) is 5.75 Å². The number of aliphatic carboxylic acids is 1. The Balaban J connectivity index is 2.06. The zero-order valence-electron chi connectivity index (χ0n) is 11.9. The molecule has 21 heavy (non-hydrogen) atoms. The Morgan fingerprint density at radius 2 is 2.10 bits per heavy atom. The predicted molar refractivity (Wildman–Crippen MR) is 77.6 cm³/mol. The van der Waals surface area contributed by atoms with Gasteiger partial charge in [0, 0.05) is 0 Å². The van der Waals surface area contributed by atoms with Crippen LogP contribution in [0.1, 0.15) is 27.9 Å². The molecule has 1 aliphatic carbocycles. The molecular formula is C17H16O4. The van der Waals surface area contributed by atoms with Gasteiger partial charge in [0.15, 0.2) is 5.78 Å². The first-order chi connectivity index (χ1) is 9.99. The van der Waals surface area contributed by atoms with Crippen molar-refractivity contribution in [3.8, 4) is 5.75 Å². The van der Waals surface area contributed by atoms with Crippen molar-refractivity contribution in [1.29, 1.82) is 0 Å². The van der Waals surface area contributed by atoms with E-state index >= 15 is 0 Å². The number of carboxylic acid groups (broad SMARTS) is 1. The lowest BCUT2D eigenvalue weighted by atomic mass is 9.81. The maximum atomic E-state index is 12.6. The number of ketones is 1. The van der Waals surface area contributed by atoms with Gasteiger partial charge in [-0.05, 0) is 36.6 Å². The summed E-state index contributed by atoms with van der Waals surface area (Å²) < 4.78 is 6.03. The van der Waals surface area contributed by atoms with Crippen LogP contribution in [0.4, 0.5) is 0 Å². The van der Waals surface area contributed by atoms with Gasteiger partial charge in [0.05, 0.1) is 17.9 Å². The van der Waals surface area contributed by atoms with Crippen LogP contribution in [0.25, 0.3) is 0 Å². The number of benzene rings is 1. The van der Waals surface area contributed by atoms with E-state index in [-0.39, 0.29) is 12.2 Å². The van der Waals surface area contributed by atoms with Crippen molar-refractivity contribution in [1.82, 2.24) is 0 Å². The molecule has 0 bridgehead atoms. The van der Waals surface area contributed by atoms with E-state index in [1.54, 1.807) is 24.3 Å². The molecule has 1 N–H and O–H groups in total. The van der Waals surface area contributed by atoms with Gasteiger partial charge in [-0.1, -0.05) is 24.3 Å². The Morgan fingerprint density at radius 3 is 2.81 bits per heavy atom. The second-order valence-electron chi connectivity index (χ2n) is 5.51. The number of ether oxygens (including phenoxy) is 1. The van der Waals surface area contributed by atoms with Crippen LogP contribution in [0, 0.1) is 19.8 Å². The fourth-order valence-electron chi connectivity index (χ4n) is 2.88. The van der Waals surface area contributed by atoms with Crippen LogP contribution in [-0.4, -0.2) is 23.0 Å². The Labute approximate surface area is 122 Å². The van der Waals surface area contributed by atoms with E-state index < -0.39 is 18.0 Å². The number of hydrogen-bond acceptors (Lipinski definition) is 3. The molecular weight excluding hydrogens is 268 g/mol. The monoisotopic (exact) mass is 284 g/mol. The molecule has 1 aromatic carbocycles. The lowest BCUT2D eigenvalue weighted by Gasteiger charge is -2.35. The van der Waals surface area contributed by atoms with Gasteiger partial charge in [-0.25, -0.2) is 0 Å². The number of carbonyl (C=O) groups is 2. The molecule has 1 heterocycles. The summed E-state index contributed by atoms with van der Waals surface area (Å²) in [5.74, 6) is -0.763. The maximum Gasteiger partial charge on any atom is 0.307 e. The predicted octanol–water partition coefficient (Wildman–Crippen LogP) is 2.83. The van der Waals surface area contributed by atoms with Gasteiger partial charge in [-0.2, -0.15) is 0 Å². The summed E-state index contributed by atoms with van der Waals surface area (Å²) in [4.78, 5) is 23.6. The highest BCUT2D eigenvalue weighted by Crippen LogP contribution is 2.39. The van der Waals surface area contributed by atoms with Crippen molar-refractivity contribution in [2.24, 2.45) is 5.92 Å². The zero-order valence-corrected chi connectivity index (χ0v) is 11.9. The van der Waals surface area contributed by atoms with Crippen molar-refractivity contribution in [2.75, 3.05) is 0 Å². The molecule has 0 saturated carbocycles. The average Bonchev–Trinajstić information content (AvgIpc) is 2.44. The van der Waals surface area contributed by atoms with E-state index in [2.05, 4.69) is 0 Å². The third-order valence-electron chi connectivity index (χ3n) is 4.17. The van der Waals surface area contributed by atoms with Crippen molar-refractivity contribution in [3.05, 3.63) is 52.6 Å². The molecule has 2 atom stereocenters. The van der Waals surface area contributed by atoms with Crippen LogP contribution >= 0.6 is 0 Å². The fraction of sp³-hybridized carbons (Fsp3) is 0.294. The zero-order chi connectivity index (χ0) is 15.1. The fourth-order valence-corrected chi connectivity index (χ4v) is 2.88. The smallest absolute Gasteiger partial charge is 0.307 e. The van der Waals surface area contributed by atoms with Crippen molar-refractivity contribution in [3.63, 3.8) is 0 Å². The van der Waals surface area contributed by atoms with Gasteiger partial charge in [0.2, 0.25) is 0 Å². The molecule has 0 saturated heterocycles. The van der Waals surface area contributed by atoms with E-state index in [0.717, 1.165) is 11.1 Å². The lowest BCUT2D eigenvalue weighted by Crippen LogP contribution is -2.40. The molecule has 3 rings (SSSR count). The molecule has 0 amide bonds. The van der Waals surface area contributed by atoms with Gasteiger partial charge >= 0.3 is 5.97 Å². The van der Waals surface area contributed by atoms with Gasteiger partial charge in [0.1, 0.15) is 11.9 Å². The third-order valence-corrected chi connectivity index (χ3v) is 4.17. The largest absolute Gasteiger partial charge is 0.484 e. The highest BCUT2D eigenvalue weighted by Gasteiger charge is 2.39. The van der Waals surface area contributed by atoms with Crippen LogP contribution in [0.2, 0.25) is 0 Å². The number of allylic oxidation sites excluding steroid dienone is 2. The molecule has 0 aromatic heterocycles. The number of rotatable bonds is 2. The van der Waals surface area contributed by atoms with Crippen LogP contribution < -0.4 is 4.74 Å². The Kier molecular flexibility index (Phi) is 3.16. The summed E-state index contributed by atoms with van der Waals surface area (Å²) in [6, 6.07) is 3.70. The summed E-state index contributed by atoms with van der Waals surface area (Å²) in [5.41, 5.74) is 3.20.